The van der Waals surface area contributed by atoms with Crippen LogP contribution >= 0.6 is 11.6 Å². The summed E-state index contributed by atoms with van der Waals surface area (Å²) in [4.78, 5) is 13.1. The van der Waals surface area contributed by atoms with Crippen molar-refractivity contribution in [3.63, 3.8) is 0 Å². The lowest BCUT2D eigenvalue weighted by Gasteiger charge is -2.28. The van der Waals surface area contributed by atoms with Crippen LogP contribution in [0.4, 0.5) is 17.3 Å². The van der Waals surface area contributed by atoms with Crippen molar-refractivity contribution >= 4 is 40.3 Å². The molecule has 180 valence electrons. The number of aromatic nitrogens is 4. The van der Waals surface area contributed by atoms with E-state index in [9.17, 15) is 0 Å². The van der Waals surface area contributed by atoms with Crippen LogP contribution in [-0.2, 0) is 0 Å². The van der Waals surface area contributed by atoms with E-state index in [2.05, 4.69) is 31.4 Å². The lowest BCUT2D eigenvalue weighted by atomic mass is 9.91. The van der Waals surface area contributed by atoms with E-state index in [0.717, 1.165) is 53.7 Å². The Balaban J connectivity index is 1.62. The molecule has 0 atom stereocenters. The number of aryl methyl sites for hydroxylation is 1. The van der Waals surface area contributed by atoms with E-state index in [-0.39, 0.29) is 18.0 Å². The molecule has 3 heterocycles. The highest BCUT2D eigenvalue weighted by Crippen LogP contribution is 2.32. The number of nitrogens with zero attached hydrogens (tertiary/aromatic N) is 5. The number of fused-ring (bicyclic) bond motifs is 1. The summed E-state index contributed by atoms with van der Waals surface area (Å²) in [5.41, 5.74) is 24.1. The number of anilines is 2. The first-order chi connectivity index (χ1) is 16.9. The van der Waals surface area contributed by atoms with Gasteiger partial charge in [-0.1, -0.05) is 23.7 Å². The van der Waals surface area contributed by atoms with Gasteiger partial charge in [0.15, 0.2) is 0 Å². The summed E-state index contributed by atoms with van der Waals surface area (Å²) < 4.78 is 1.83. The molecule has 35 heavy (non-hydrogen) atoms. The van der Waals surface area contributed by atoms with Crippen LogP contribution in [0.15, 0.2) is 53.9 Å². The molecule has 0 bridgehead atoms. The number of aliphatic imine (C=N–C) groups is 1. The quantitative estimate of drug-likeness (QED) is 0.244. The van der Waals surface area contributed by atoms with Crippen molar-refractivity contribution in [1.82, 2.24) is 19.6 Å². The number of halogens is 1. The zero-order valence-electron chi connectivity index (χ0n) is 19.4. The third-order valence-electron chi connectivity index (χ3n) is 6.44. The van der Waals surface area contributed by atoms with Gasteiger partial charge in [-0.05, 0) is 50.8 Å². The van der Waals surface area contributed by atoms with E-state index >= 15 is 0 Å². The summed E-state index contributed by atoms with van der Waals surface area (Å²) in [5.74, 6) is 0.578. The molecular formula is C25H28ClN9. The molecule has 5 rings (SSSR count). The van der Waals surface area contributed by atoms with Crippen molar-refractivity contribution in [2.45, 2.75) is 44.7 Å². The van der Waals surface area contributed by atoms with Crippen molar-refractivity contribution in [3.05, 3.63) is 65.2 Å². The van der Waals surface area contributed by atoms with E-state index < -0.39 is 0 Å². The van der Waals surface area contributed by atoms with Gasteiger partial charge in [0.1, 0.15) is 5.84 Å². The first-order valence-electron chi connectivity index (χ1n) is 11.6. The summed E-state index contributed by atoms with van der Waals surface area (Å²) >= 11 is 6.33. The molecule has 0 saturated heterocycles. The predicted octanol–water partition coefficient (Wildman–Crippen LogP) is 4.05. The zero-order valence-corrected chi connectivity index (χ0v) is 20.2. The maximum absolute atomic E-state index is 6.52. The molecule has 1 fully saturated rings. The Labute approximate surface area is 208 Å². The summed E-state index contributed by atoms with van der Waals surface area (Å²) in [6, 6.07) is 9.93. The fraction of sp³-hybridized carbons (Fsp3) is 0.280. The Kier molecular flexibility index (Phi) is 6.27. The van der Waals surface area contributed by atoms with Gasteiger partial charge in [0.25, 0.3) is 0 Å². The second-order valence-corrected chi connectivity index (χ2v) is 9.33. The minimum absolute atomic E-state index is 0.247. The van der Waals surface area contributed by atoms with Gasteiger partial charge in [-0.3, -0.25) is 0 Å². The third kappa shape index (κ3) is 4.78. The molecule has 9 nitrogen and oxygen atoms in total. The van der Waals surface area contributed by atoms with Crippen LogP contribution in [0.25, 0.3) is 16.6 Å². The second kappa shape index (κ2) is 9.52. The Morgan fingerprint density at radius 1 is 1.17 bits per heavy atom. The van der Waals surface area contributed by atoms with Crippen LogP contribution in [0.3, 0.4) is 0 Å². The molecule has 1 saturated carbocycles. The first kappa shape index (κ1) is 23.1. The van der Waals surface area contributed by atoms with E-state index in [1.165, 1.54) is 0 Å². The van der Waals surface area contributed by atoms with Gasteiger partial charge < -0.3 is 22.5 Å². The molecule has 0 radical (unpaired) electrons. The maximum atomic E-state index is 6.52. The third-order valence-corrected chi connectivity index (χ3v) is 6.76. The van der Waals surface area contributed by atoms with Gasteiger partial charge in [0, 0.05) is 35.6 Å². The number of benzene rings is 1. The molecule has 10 heteroatoms. The van der Waals surface area contributed by atoms with Crippen LogP contribution in [0.1, 0.15) is 36.9 Å². The molecule has 3 aromatic heterocycles. The number of amidine groups is 1. The Bertz CT molecular complexity index is 1400. The molecule has 0 aliphatic heterocycles. The van der Waals surface area contributed by atoms with Gasteiger partial charge in [-0.2, -0.15) is 5.10 Å². The number of nitrogens with one attached hydrogen (secondary N) is 1. The number of hydrogen-bond acceptors (Lipinski definition) is 7. The van der Waals surface area contributed by atoms with Gasteiger partial charge in [-0.15, -0.1) is 0 Å². The van der Waals surface area contributed by atoms with Gasteiger partial charge in [0.05, 0.1) is 39.4 Å². The minimum atomic E-state index is 0.247. The first-order valence-corrected chi connectivity index (χ1v) is 12.0. The van der Waals surface area contributed by atoms with Crippen molar-refractivity contribution in [2.75, 3.05) is 11.1 Å². The Morgan fingerprint density at radius 3 is 2.69 bits per heavy atom. The molecular weight excluding hydrogens is 462 g/mol. The smallest absolute Gasteiger partial charge is 0.220 e. The fourth-order valence-electron chi connectivity index (χ4n) is 4.52. The van der Waals surface area contributed by atoms with Crippen LogP contribution < -0.4 is 22.5 Å². The summed E-state index contributed by atoms with van der Waals surface area (Å²) in [6.45, 7) is 1.91. The lowest BCUT2D eigenvalue weighted by molar-refractivity contribution is 0.411. The SMILES string of the molecule is Cc1nc(N)ncc1-c1cc2c(NC3CCC(N)CC3)c(C(N)=Nc3ccccc3Cl)cnn2c1. The topological polar surface area (TPSA) is 146 Å². The Hall–Kier alpha value is -3.69. The lowest BCUT2D eigenvalue weighted by Crippen LogP contribution is -2.33. The largest absolute Gasteiger partial charge is 0.383 e. The van der Waals surface area contributed by atoms with Crippen LogP contribution in [0.2, 0.25) is 5.02 Å². The molecule has 7 N–H and O–H groups in total. The zero-order chi connectivity index (χ0) is 24.5. The highest BCUT2D eigenvalue weighted by molar-refractivity contribution is 6.33. The van der Waals surface area contributed by atoms with Crippen molar-refractivity contribution in [1.29, 1.82) is 0 Å². The maximum Gasteiger partial charge on any atom is 0.220 e. The van der Waals surface area contributed by atoms with E-state index in [4.69, 9.17) is 28.8 Å². The van der Waals surface area contributed by atoms with E-state index in [1.807, 2.05) is 35.8 Å². The Morgan fingerprint density at radius 2 is 1.94 bits per heavy atom. The van der Waals surface area contributed by atoms with Gasteiger partial charge in [0.2, 0.25) is 5.95 Å². The molecule has 0 unspecified atom stereocenters. The number of nitrogens with two attached hydrogens (primary N) is 3. The molecule has 1 aliphatic carbocycles. The van der Waals surface area contributed by atoms with E-state index in [0.29, 0.717) is 22.1 Å². The standard InChI is InChI=1S/C25H28ClN9/c1-14-18(11-30-25(29)32-14)15-10-22-23(33-17-8-6-16(27)7-9-17)19(12-31-35(22)13-15)24(28)34-21-5-3-2-4-20(21)26/h2-5,10-13,16-17,33H,6-9,27H2,1H3,(H2,28,34)(H2,29,30,32). The number of rotatable bonds is 5. The van der Waals surface area contributed by atoms with E-state index in [1.54, 1.807) is 18.5 Å². The monoisotopic (exact) mass is 489 g/mol. The summed E-state index contributed by atoms with van der Waals surface area (Å²) in [6.07, 6.45) is 9.33. The highest BCUT2D eigenvalue weighted by Gasteiger charge is 2.22. The fourth-order valence-corrected chi connectivity index (χ4v) is 4.70. The molecule has 0 amide bonds. The van der Waals surface area contributed by atoms with Crippen LogP contribution in [0.5, 0.6) is 0 Å². The predicted molar refractivity (Wildman–Crippen MR) is 141 cm³/mol. The van der Waals surface area contributed by atoms with Gasteiger partial charge in [-0.25, -0.2) is 19.5 Å². The van der Waals surface area contributed by atoms with Crippen LogP contribution in [-0.4, -0.2) is 37.5 Å². The minimum Gasteiger partial charge on any atom is -0.383 e. The summed E-state index contributed by atoms with van der Waals surface area (Å²) in [7, 11) is 0. The molecule has 1 aliphatic rings. The normalized spacial score (nSPS) is 18.7. The number of hydrogen-bond donors (Lipinski definition) is 4. The second-order valence-electron chi connectivity index (χ2n) is 8.92. The molecule has 0 spiro atoms. The van der Waals surface area contributed by atoms with Crippen molar-refractivity contribution in [2.24, 2.45) is 16.5 Å². The molecule has 1 aromatic carbocycles. The average Bonchev–Trinajstić information content (AvgIpc) is 3.26. The van der Waals surface area contributed by atoms with Crippen LogP contribution in [0, 0.1) is 6.92 Å². The summed E-state index contributed by atoms with van der Waals surface area (Å²) in [5, 5.41) is 8.88. The number of nitrogen functional groups attached to an aromatic ring is 1. The average molecular weight is 490 g/mol. The van der Waals surface area contributed by atoms with Crippen molar-refractivity contribution in [3.8, 4) is 11.1 Å². The van der Waals surface area contributed by atoms with Crippen molar-refractivity contribution < 1.29 is 0 Å². The number of para-hydroxylation sites is 1. The molecule has 4 aromatic rings. The van der Waals surface area contributed by atoms with Gasteiger partial charge >= 0.3 is 0 Å². The highest BCUT2D eigenvalue weighted by atomic mass is 35.5.